The summed E-state index contributed by atoms with van der Waals surface area (Å²) in [6.07, 6.45) is 1.38. The third-order valence-corrected chi connectivity index (χ3v) is 2.93. The van der Waals surface area contributed by atoms with Gasteiger partial charge in [0.05, 0.1) is 12.1 Å². The van der Waals surface area contributed by atoms with Gasteiger partial charge in [-0.1, -0.05) is 0 Å². The number of oxazole rings is 1. The van der Waals surface area contributed by atoms with E-state index in [4.69, 9.17) is 4.42 Å². The summed E-state index contributed by atoms with van der Waals surface area (Å²) in [5.74, 6) is 0.711. The summed E-state index contributed by atoms with van der Waals surface area (Å²) < 4.78 is 5.06. The van der Waals surface area contributed by atoms with E-state index in [9.17, 15) is 4.79 Å². The van der Waals surface area contributed by atoms with Gasteiger partial charge in [0.2, 0.25) is 5.91 Å². The first-order chi connectivity index (χ1) is 7.35. The average molecular weight is 225 g/mol. The normalized spacial score (nSPS) is 11.9. The second-order valence-electron chi connectivity index (χ2n) is 4.49. The van der Waals surface area contributed by atoms with Crippen molar-refractivity contribution in [2.45, 2.75) is 32.9 Å². The fourth-order valence-corrected chi connectivity index (χ4v) is 1.08. The Bertz CT molecular complexity index is 369. The molecule has 0 aliphatic heterocycles. The number of amides is 1. The SMILES string of the molecule is Cc1ocnc1CNC(=O)C(C)(C)N(C)C. The summed E-state index contributed by atoms with van der Waals surface area (Å²) >= 11 is 0. The van der Waals surface area contributed by atoms with Crippen LogP contribution in [0.4, 0.5) is 0 Å². The van der Waals surface area contributed by atoms with Crippen LogP contribution in [0.3, 0.4) is 0 Å². The Morgan fingerprint density at radius 2 is 2.19 bits per heavy atom. The molecule has 1 heterocycles. The fraction of sp³-hybridized carbons (Fsp3) is 0.636. The number of likely N-dealkylation sites (N-methyl/N-ethyl adjacent to an activating group) is 1. The number of rotatable bonds is 4. The Kier molecular flexibility index (Phi) is 3.70. The molecule has 0 aliphatic rings. The largest absolute Gasteiger partial charge is 0.448 e. The van der Waals surface area contributed by atoms with Crippen LogP contribution < -0.4 is 5.32 Å². The van der Waals surface area contributed by atoms with Gasteiger partial charge in [-0.3, -0.25) is 9.69 Å². The van der Waals surface area contributed by atoms with Crippen LogP contribution in [0.15, 0.2) is 10.8 Å². The number of carbonyl (C=O) groups excluding carboxylic acids is 1. The van der Waals surface area contributed by atoms with Crippen molar-refractivity contribution in [3.05, 3.63) is 17.8 Å². The highest BCUT2D eigenvalue weighted by Gasteiger charge is 2.29. The minimum atomic E-state index is -0.530. The maximum absolute atomic E-state index is 11.9. The van der Waals surface area contributed by atoms with E-state index in [1.807, 2.05) is 39.8 Å². The molecule has 1 amide bonds. The Morgan fingerprint density at radius 1 is 1.56 bits per heavy atom. The molecular weight excluding hydrogens is 206 g/mol. The smallest absolute Gasteiger partial charge is 0.240 e. The van der Waals surface area contributed by atoms with Crippen molar-refractivity contribution in [2.24, 2.45) is 0 Å². The first-order valence-electron chi connectivity index (χ1n) is 5.20. The van der Waals surface area contributed by atoms with Crippen molar-refractivity contribution in [3.8, 4) is 0 Å². The molecule has 0 aliphatic carbocycles. The lowest BCUT2D eigenvalue weighted by molar-refractivity contribution is -0.130. The quantitative estimate of drug-likeness (QED) is 0.828. The second-order valence-corrected chi connectivity index (χ2v) is 4.49. The lowest BCUT2D eigenvalue weighted by Crippen LogP contribution is -2.51. The molecule has 90 valence electrons. The van der Waals surface area contributed by atoms with Gasteiger partial charge >= 0.3 is 0 Å². The van der Waals surface area contributed by atoms with E-state index >= 15 is 0 Å². The van der Waals surface area contributed by atoms with Crippen LogP contribution in [-0.2, 0) is 11.3 Å². The van der Waals surface area contributed by atoms with Gasteiger partial charge in [-0.2, -0.15) is 0 Å². The van der Waals surface area contributed by atoms with Gasteiger partial charge < -0.3 is 9.73 Å². The first kappa shape index (κ1) is 12.7. The maximum atomic E-state index is 11.9. The Hall–Kier alpha value is -1.36. The molecule has 0 aromatic carbocycles. The molecule has 0 spiro atoms. The molecule has 1 rings (SSSR count). The highest BCUT2D eigenvalue weighted by atomic mass is 16.3. The molecule has 0 radical (unpaired) electrons. The van der Waals surface area contributed by atoms with Crippen LogP contribution in [0.5, 0.6) is 0 Å². The Morgan fingerprint density at radius 3 is 2.62 bits per heavy atom. The molecule has 16 heavy (non-hydrogen) atoms. The third kappa shape index (κ3) is 2.61. The molecule has 1 aromatic rings. The number of hydrogen-bond acceptors (Lipinski definition) is 4. The van der Waals surface area contributed by atoms with Gasteiger partial charge in [-0.15, -0.1) is 0 Å². The average Bonchev–Trinajstić information content (AvgIpc) is 2.60. The minimum Gasteiger partial charge on any atom is -0.448 e. The Labute approximate surface area is 95.8 Å². The van der Waals surface area contributed by atoms with Crippen molar-refractivity contribution in [2.75, 3.05) is 14.1 Å². The molecule has 5 heteroatoms. The Balaban J connectivity index is 2.57. The number of carbonyl (C=O) groups is 1. The number of nitrogens with one attached hydrogen (secondary N) is 1. The summed E-state index contributed by atoms with van der Waals surface area (Å²) in [4.78, 5) is 17.8. The molecule has 0 saturated carbocycles. The van der Waals surface area contributed by atoms with E-state index in [2.05, 4.69) is 10.3 Å². The van der Waals surface area contributed by atoms with Gasteiger partial charge in [-0.25, -0.2) is 4.98 Å². The topological polar surface area (TPSA) is 58.4 Å². The van der Waals surface area contributed by atoms with Gasteiger partial charge in [0.15, 0.2) is 6.39 Å². The van der Waals surface area contributed by atoms with Gasteiger partial charge in [0.25, 0.3) is 0 Å². The standard InChI is InChI=1S/C11H19N3O2/c1-8-9(13-7-16-8)6-12-10(15)11(2,3)14(4)5/h7H,6H2,1-5H3,(H,12,15). The minimum absolute atomic E-state index is 0.0279. The predicted molar refractivity (Wildman–Crippen MR) is 60.9 cm³/mol. The summed E-state index contributed by atoms with van der Waals surface area (Å²) in [7, 11) is 3.75. The third-order valence-electron chi connectivity index (χ3n) is 2.93. The lowest BCUT2D eigenvalue weighted by atomic mass is 10.0. The summed E-state index contributed by atoms with van der Waals surface area (Å²) in [5.41, 5.74) is 0.236. The van der Waals surface area contributed by atoms with E-state index in [1.165, 1.54) is 6.39 Å². The van der Waals surface area contributed by atoms with Crippen molar-refractivity contribution in [1.29, 1.82) is 0 Å². The number of aromatic nitrogens is 1. The highest BCUT2D eigenvalue weighted by molar-refractivity contribution is 5.85. The zero-order chi connectivity index (χ0) is 12.3. The molecule has 1 N–H and O–H groups in total. The van der Waals surface area contributed by atoms with Gasteiger partial charge in [0.1, 0.15) is 11.5 Å². The summed E-state index contributed by atoms with van der Waals surface area (Å²) in [6, 6.07) is 0. The van der Waals surface area contributed by atoms with E-state index in [-0.39, 0.29) is 5.91 Å². The van der Waals surface area contributed by atoms with E-state index in [0.717, 1.165) is 11.5 Å². The molecule has 0 saturated heterocycles. The lowest BCUT2D eigenvalue weighted by Gasteiger charge is -2.30. The number of nitrogens with zero attached hydrogens (tertiary/aromatic N) is 2. The van der Waals surface area contributed by atoms with Crippen molar-refractivity contribution in [1.82, 2.24) is 15.2 Å². The molecule has 0 bridgehead atoms. The van der Waals surface area contributed by atoms with Crippen LogP contribution in [0, 0.1) is 6.92 Å². The van der Waals surface area contributed by atoms with E-state index < -0.39 is 5.54 Å². The van der Waals surface area contributed by atoms with Crippen LogP contribution >= 0.6 is 0 Å². The fourth-order valence-electron chi connectivity index (χ4n) is 1.08. The molecule has 5 nitrogen and oxygen atoms in total. The maximum Gasteiger partial charge on any atom is 0.240 e. The molecule has 0 fully saturated rings. The highest BCUT2D eigenvalue weighted by Crippen LogP contribution is 2.10. The summed E-state index contributed by atoms with van der Waals surface area (Å²) in [5, 5.41) is 2.84. The zero-order valence-electron chi connectivity index (χ0n) is 10.5. The van der Waals surface area contributed by atoms with E-state index in [1.54, 1.807) is 0 Å². The molecule has 1 aromatic heterocycles. The van der Waals surface area contributed by atoms with Gasteiger partial charge in [-0.05, 0) is 34.9 Å². The monoisotopic (exact) mass is 225 g/mol. The predicted octanol–water partition coefficient (Wildman–Crippen LogP) is 0.939. The van der Waals surface area contributed by atoms with E-state index in [0.29, 0.717) is 6.54 Å². The zero-order valence-corrected chi connectivity index (χ0v) is 10.5. The van der Waals surface area contributed by atoms with Crippen LogP contribution in [0.2, 0.25) is 0 Å². The second kappa shape index (κ2) is 4.65. The number of aryl methyl sites for hydroxylation is 1. The molecule has 0 unspecified atom stereocenters. The number of hydrogen-bond donors (Lipinski definition) is 1. The van der Waals surface area contributed by atoms with Crippen LogP contribution in [0.25, 0.3) is 0 Å². The summed E-state index contributed by atoms with van der Waals surface area (Å²) in [6.45, 7) is 5.97. The van der Waals surface area contributed by atoms with Crippen molar-refractivity contribution >= 4 is 5.91 Å². The van der Waals surface area contributed by atoms with Crippen molar-refractivity contribution < 1.29 is 9.21 Å². The van der Waals surface area contributed by atoms with Crippen molar-refractivity contribution in [3.63, 3.8) is 0 Å². The first-order valence-corrected chi connectivity index (χ1v) is 5.20. The van der Waals surface area contributed by atoms with Gasteiger partial charge in [0, 0.05) is 0 Å². The molecular formula is C11H19N3O2. The van der Waals surface area contributed by atoms with Crippen LogP contribution in [0.1, 0.15) is 25.3 Å². The molecule has 0 atom stereocenters. The van der Waals surface area contributed by atoms with Crippen LogP contribution in [-0.4, -0.2) is 35.4 Å².